The molecule has 0 bridgehead atoms. The maximum atomic E-state index is 12.8. The van der Waals surface area contributed by atoms with Gasteiger partial charge in [0.15, 0.2) is 0 Å². The van der Waals surface area contributed by atoms with E-state index in [0.29, 0.717) is 18.5 Å². The zero-order valence-electron chi connectivity index (χ0n) is 7.96. The number of benzene rings is 1. The van der Waals surface area contributed by atoms with Gasteiger partial charge in [-0.3, -0.25) is 0 Å². The Kier molecular flexibility index (Phi) is 3.83. The van der Waals surface area contributed by atoms with Crippen LogP contribution in [0.4, 0.5) is 4.39 Å². The monoisotopic (exact) mass is 207 g/mol. The molecule has 0 fully saturated rings. The molecular weight excluding hydrogens is 197 g/mol. The Bertz CT molecular complexity index is 432. The number of aromatic carboxylic acids is 1. The third-order valence-electron chi connectivity index (χ3n) is 1.70. The van der Waals surface area contributed by atoms with Crippen LogP contribution < -0.4 is 5.73 Å². The van der Waals surface area contributed by atoms with Crippen LogP contribution in [-0.2, 0) is 0 Å². The van der Waals surface area contributed by atoms with E-state index in [0.717, 1.165) is 6.07 Å². The van der Waals surface area contributed by atoms with E-state index in [1.54, 1.807) is 0 Å². The quantitative estimate of drug-likeness (QED) is 0.717. The fraction of sp³-hybridized carbons (Fsp3) is 0.182. The molecule has 1 aromatic rings. The zero-order chi connectivity index (χ0) is 11.3. The van der Waals surface area contributed by atoms with Crippen LogP contribution in [0.2, 0.25) is 0 Å². The van der Waals surface area contributed by atoms with Crippen LogP contribution in [0.5, 0.6) is 0 Å². The first-order chi connectivity index (χ1) is 7.15. The summed E-state index contributed by atoms with van der Waals surface area (Å²) in [6, 6.07) is 3.48. The second kappa shape index (κ2) is 5.13. The largest absolute Gasteiger partial charge is 0.478 e. The number of hydrogen-bond donors (Lipinski definition) is 2. The molecule has 0 aliphatic carbocycles. The van der Waals surface area contributed by atoms with Gasteiger partial charge in [-0.15, -0.1) is 0 Å². The Hall–Kier alpha value is -1.86. The third-order valence-corrected chi connectivity index (χ3v) is 1.70. The van der Waals surface area contributed by atoms with Crippen LogP contribution in [0.25, 0.3) is 0 Å². The van der Waals surface area contributed by atoms with E-state index in [4.69, 9.17) is 10.8 Å². The Balaban J connectivity index is 3.08. The average Bonchev–Trinajstić information content (AvgIpc) is 2.20. The first-order valence-corrected chi connectivity index (χ1v) is 4.37. The van der Waals surface area contributed by atoms with Crippen molar-refractivity contribution in [1.82, 2.24) is 0 Å². The molecule has 0 heterocycles. The third kappa shape index (κ3) is 3.08. The van der Waals surface area contributed by atoms with Crippen molar-refractivity contribution in [3.8, 4) is 11.8 Å². The molecule has 0 radical (unpaired) electrons. The van der Waals surface area contributed by atoms with Crippen LogP contribution in [0.1, 0.15) is 22.3 Å². The van der Waals surface area contributed by atoms with Crippen molar-refractivity contribution in [3.63, 3.8) is 0 Å². The van der Waals surface area contributed by atoms with Gasteiger partial charge in [-0.1, -0.05) is 11.8 Å². The molecule has 0 saturated carbocycles. The molecule has 0 aliphatic rings. The number of halogens is 1. The standard InChI is InChI=1S/C11H10FNO2/c12-9-5-4-8(3-1-2-6-13)10(7-9)11(14)15/h4-5,7H,2,6,13H2,(H,14,15). The molecule has 1 rings (SSSR count). The Morgan fingerprint density at radius 2 is 2.27 bits per heavy atom. The number of carbonyl (C=O) groups is 1. The van der Waals surface area contributed by atoms with Gasteiger partial charge in [0.1, 0.15) is 5.82 Å². The molecular formula is C11H10FNO2. The lowest BCUT2D eigenvalue weighted by molar-refractivity contribution is 0.0696. The first-order valence-electron chi connectivity index (χ1n) is 4.37. The minimum Gasteiger partial charge on any atom is -0.478 e. The number of rotatable bonds is 2. The number of hydrogen-bond acceptors (Lipinski definition) is 2. The van der Waals surface area contributed by atoms with Crippen LogP contribution in [0.3, 0.4) is 0 Å². The molecule has 0 unspecified atom stereocenters. The Morgan fingerprint density at radius 3 is 2.87 bits per heavy atom. The maximum absolute atomic E-state index is 12.8. The van der Waals surface area contributed by atoms with E-state index in [2.05, 4.69) is 11.8 Å². The van der Waals surface area contributed by atoms with Crippen molar-refractivity contribution in [2.75, 3.05) is 6.54 Å². The van der Waals surface area contributed by atoms with Crippen LogP contribution in [0, 0.1) is 17.7 Å². The van der Waals surface area contributed by atoms with Gasteiger partial charge in [0.05, 0.1) is 5.56 Å². The summed E-state index contributed by atoms with van der Waals surface area (Å²) in [6.45, 7) is 0.413. The summed E-state index contributed by atoms with van der Waals surface area (Å²) in [5.74, 6) is 3.58. The van der Waals surface area contributed by atoms with Crippen molar-refractivity contribution >= 4 is 5.97 Å². The van der Waals surface area contributed by atoms with Gasteiger partial charge in [0.25, 0.3) is 0 Å². The summed E-state index contributed by atoms with van der Waals surface area (Å²) in [5.41, 5.74) is 5.41. The number of nitrogens with two attached hydrogens (primary N) is 1. The predicted molar refractivity (Wildman–Crippen MR) is 53.9 cm³/mol. The van der Waals surface area contributed by atoms with E-state index in [1.807, 2.05) is 0 Å². The summed E-state index contributed by atoms with van der Waals surface area (Å²) < 4.78 is 12.8. The molecule has 0 saturated heterocycles. The second-order valence-electron chi connectivity index (χ2n) is 2.84. The topological polar surface area (TPSA) is 63.3 Å². The average molecular weight is 207 g/mol. The molecule has 78 valence electrons. The fourth-order valence-corrected chi connectivity index (χ4v) is 1.03. The lowest BCUT2D eigenvalue weighted by Gasteiger charge is -1.98. The molecule has 0 amide bonds. The summed E-state index contributed by atoms with van der Waals surface area (Å²) in [6.07, 6.45) is 0.483. The van der Waals surface area contributed by atoms with Crippen molar-refractivity contribution < 1.29 is 14.3 Å². The minimum absolute atomic E-state index is 0.125. The normalized spacial score (nSPS) is 9.20. The highest BCUT2D eigenvalue weighted by Gasteiger charge is 2.09. The van der Waals surface area contributed by atoms with Crippen molar-refractivity contribution in [2.24, 2.45) is 5.73 Å². The van der Waals surface area contributed by atoms with E-state index >= 15 is 0 Å². The van der Waals surface area contributed by atoms with E-state index in [1.165, 1.54) is 12.1 Å². The Morgan fingerprint density at radius 1 is 1.53 bits per heavy atom. The van der Waals surface area contributed by atoms with Gasteiger partial charge in [-0.2, -0.15) is 0 Å². The van der Waals surface area contributed by atoms with E-state index < -0.39 is 11.8 Å². The SMILES string of the molecule is NCCC#Cc1ccc(F)cc1C(=O)O. The zero-order valence-corrected chi connectivity index (χ0v) is 7.96. The molecule has 0 atom stereocenters. The van der Waals surface area contributed by atoms with Gasteiger partial charge < -0.3 is 10.8 Å². The van der Waals surface area contributed by atoms with E-state index in [9.17, 15) is 9.18 Å². The summed E-state index contributed by atoms with van der Waals surface area (Å²) >= 11 is 0. The highest BCUT2D eigenvalue weighted by atomic mass is 19.1. The molecule has 15 heavy (non-hydrogen) atoms. The van der Waals surface area contributed by atoms with Gasteiger partial charge in [-0.25, -0.2) is 9.18 Å². The molecule has 1 aromatic carbocycles. The fourth-order valence-electron chi connectivity index (χ4n) is 1.03. The highest BCUT2D eigenvalue weighted by Crippen LogP contribution is 2.10. The molecule has 0 aliphatic heterocycles. The van der Waals surface area contributed by atoms with Crippen LogP contribution >= 0.6 is 0 Å². The smallest absolute Gasteiger partial charge is 0.337 e. The van der Waals surface area contributed by atoms with Gasteiger partial charge in [0, 0.05) is 18.5 Å². The lowest BCUT2D eigenvalue weighted by Crippen LogP contribution is -2.01. The van der Waals surface area contributed by atoms with Crippen molar-refractivity contribution in [1.29, 1.82) is 0 Å². The highest BCUT2D eigenvalue weighted by molar-refractivity contribution is 5.90. The molecule has 3 N–H and O–H groups in total. The molecule has 0 spiro atoms. The first kappa shape index (κ1) is 11.2. The lowest BCUT2D eigenvalue weighted by atomic mass is 10.1. The van der Waals surface area contributed by atoms with Crippen LogP contribution in [-0.4, -0.2) is 17.6 Å². The van der Waals surface area contributed by atoms with Crippen molar-refractivity contribution in [3.05, 3.63) is 35.1 Å². The number of carboxylic acids is 1. The van der Waals surface area contributed by atoms with Crippen molar-refractivity contribution in [2.45, 2.75) is 6.42 Å². The van der Waals surface area contributed by atoms with Gasteiger partial charge in [-0.05, 0) is 18.2 Å². The predicted octanol–water partition coefficient (Wildman–Crippen LogP) is 1.22. The minimum atomic E-state index is -1.19. The molecule has 3 nitrogen and oxygen atoms in total. The second-order valence-corrected chi connectivity index (χ2v) is 2.84. The Labute approximate surface area is 86.7 Å². The molecule has 4 heteroatoms. The van der Waals surface area contributed by atoms with Gasteiger partial charge >= 0.3 is 5.97 Å². The summed E-state index contributed by atoms with van der Waals surface area (Å²) in [4.78, 5) is 10.7. The summed E-state index contributed by atoms with van der Waals surface area (Å²) in [7, 11) is 0. The molecule has 0 aromatic heterocycles. The maximum Gasteiger partial charge on any atom is 0.337 e. The van der Waals surface area contributed by atoms with Crippen LogP contribution in [0.15, 0.2) is 18.2 Å². The summed E-state index contributed by atoms with van der Waals surface area (Å²) in [5, 5.41) is 8.79. The number of carboxylic acid groups (broad SMARTS) is 1. The van der Waals surface area contributed by atoms with E-state index in [-0.39, 0.29) is 5.56 Å². The van der Waals surface area contributed by atoms with Gasteiger partial charge in [0.2, 0.25) is 0 Å².